The molecule has 0 bridgehead atoms. The van der Waals surface area contributed by atoms with Crippen LogP contribution in [0.5, 0.6) is 0 Å². The Balaban J connectivity index is 3.61. The van der Waals surface area contributed by atoms with Gasteiger partial charge in [-0.1, -0.05) is 0 Å². The van der Waals surface area contributed by atoms with Gasteiger partial charge in [-0.3, -0.25) is 4.79 Å². The van der Waals surface area contributed by atoms with Crippen LogP contribution in [0.3, 0.4) is 0 Å². The lowest BCUT2D eigenvalue weighted by Gasteiger charge is -2.01. The highest BCUT2D eigenvalue weighted by atomic mass is 35.5. The first kappa shape index (κ1) is 12.9. The molecule has 0 aliphatic carbocycles. The molecule has 0 N–H and O–H groups in total. The molecule has 0 aliphatic rings. The average Bonchev–Trinajstić information content (AvgIpc) is 2.26. The van der Waals surface area contributed by atoms with Crippen LogP contribution in [-0.4, -0.2) is 15.1 Å². The van der Waals surface area contributed by atoms with Crippen molar-refractivity contribution in [2.75, 3.05) is 0 Å². The van der Waals surface area contributed by atoms with Crippen LogP contribution in [0.2, 0.25) is 0 Å². The van der Waals surface area contributed by atoms with Crippen LogP contribution in [0.1, 0.15) is 28.0 Å². The highest BCUT2D eigenvalue weighted by Gasteiger charge is 2.29. The molecule has 0 saturated heterocycles. The zero-order valence-electron chi connectivity index (χ0n) is 7.85. The summed E-state index contributed by atoms with van der Waals surface area (Å²) in [5.74, 6) is -1.04. The SMILES string of the molecule is N#Cc1cc(C(=O)Cl)c(C(F)F)nc1[N+](=O)[O-]. The second-order valence-corrected chi connectivity index (χ2v) is 3.08. The van der Waals surface area contributed by atoms with E-state index in [-0.39, 0.29) is 0 Å². The number of hydrogen-bond acceptors (Lipinski definition) is 5. The van der Waals surface area contributed by atoms with Crippen molar-refractivity contribution in [1.82, 2.24) is 4.98 Å². The van der Waals surface area contributed by atoms with E-state index in [2.05, 4.69) is 4.98 Å². The third-order valence-corrected chi connectivity index (χ3v) is 1.95. The number of aromatic nitrogens is 1. The molecular weight excluding hydrogens is 260 g/mol. The van der Waals surface area contributed by atoms with Gasteiger partial charge in [0.05, 0.1) is 5.56 Å². The number of carbonyl (C=O) groups excluding carboxylic acids is 1. The van der Waals surface area contributed by atoms with Gasteiger partial charge in [0.25, 0.3) is 5.24 Å². The smallest absolute Gasteiger partial charge is 0.358 e. The summed E-state index contributed by atoms with van der Waals surface area (Å²) in [6.07, 6.45) is -3.21. The lowest BCUT2D eigenvalue weighted by molar-refractivity contribution is -0.390. The van der Waals surface area contributed by atoms with Gasteiger partial charge in [-0.2, -0.15) is 5.26 Å². The summed E-state index contributed by atoms with van der Waals surface area (Å²) >= 11 is 5.02. The molecule has 17 heavy (non-hydrogen) atoms. The van der Waals surface area contributed by atoms with E-state index in [9.17, 15) is 23.7 Å². The molecule has 1 heterocycles. The summed E-state index contributed by atoms with van der Waals surface area (Å²) in [7, 11) is 0. The standard InChI is InChI=1S/C8H2ClF2N3O3/c9-6(15)4-1-3(2-12)8(14(16)17)13-5(4)7(10)11/h1,7H. The minimum atomic E-state index is -3.21. The maximum atomic E-state index is 12.5. The largest absolute Gasteiger partial charge is 0.381 e. The lowest BCUT2D eigenvalue weighted by Crippen LogP contribution is -2.07. The van der Waals surface area contributed by atoms with Crippen LogP contribution in [0.25, 0.3) is 0 Å². The average molecular weight is 262 g/mol. The van der Waals surface area contributed by atoms with Crippen molar-refractivity contribution in [2.45, 2.75) is 6.43 Å². The monoisotopic (exact) mass is 261 g/mol. The first-order chi connectivity index (χ1) is 7.88. The summed E-state index contributed by atoms with van der Waals surface area (Å²) in [4.78, 5) is 23.2. The van der Waals surface area contributed by atoms with Crippen molar-refractivity contribution in [1.29, 1.82) is 5.26 Å². The zero-order chi connectivity index (χ0) is 13.2. The van der Waals surface area contributed by atoms with Crippen LogP contribution < -0.4 is 0 Å². The van der Waals surface area contributed by atoms with Gasteiger partial charge >= 0.3 is 12.2 Å². The quantitative estimate of drug-likeness (QED) is 0.472. The summed E-state index contributed by atoms with van der Waals surface area (Å²) in [5, 5.41) is 17.8. The van der Waals surface area contributed by atoms with E-state index in [4.69, 9.17) is 16.9 Å². The normalized spacial score (nSPS) is 10.1. The molecular formula is C8H2ClF2N3O3. The number of carbonyl (C=O) groups is 1. The minimum Gasteiger partial charge on any atom is -0.358 e. The van der Waals surface area contributed by atoms with Gasteiger partial charge in [-0.15, -0.1) is 0 Å². The van der Waals surface area contributed by atoms with Crippen LogP contribution in [0.4, 0.5) is 14.6 Å². The second kappa shape index (κ2) is 4.80. The molecule has 1 aromatic heterocycles. The molecule has 0 spiro atoms. The topological polar surface area (TPSA) is 96.9 Å². The molecule has 0 fully saturated rings. The Labute approximate surface area is 97.6 Å². The highest BCUT2D eigenvalue weighted by molar-refractivity contribution is 6.67. The van der Waals surface area contributed by atoms with Gasteiger partial charge < -0.3 is 10.1 Å². The van der Waals surface area contributed by atoms with E-state index in [0.29, 0.717) is 6.07 Å². The third-order valence-electron chi connectivity index (χ3n) is 1.74. The summed E-state index contributed by atoms with van der Waals surface area (Å²) < 4.78 is 25.0. The maximum Gasteiger partial charge on any atom is 0.381 e. The molecule has 0 amide bonds. The number of nitro groups is 1. The lowest BCUT2D eigenvalue weighted by atomic mass is 10.1. The summed E-state index contributed by atoms with van der Waals surface area (Å²) in [6, 6.07) is 2.01. The van der Waals surface area contributed by atoms with Crippen molar-refractivity contribution in [3.63, 3.8) is 0 Å². The molecule has 88 valence electrons. The van der Waals surface area contributed by atoms with Crippen molar-refractivity contribution >= 4 is 22.7 Å². The predicted octanol–water partition coefficient (Wildman–Crippen LogP) is 2.18. The van der Waals surface area contributed by atoms with E-state index in [1.165, 1.54) is 6.07 Å². The van der Waals surface area contributed by atoms with Gasteiger partial charge in [0.15, 0.2) is 5.56 Å². The molecule has 1 aromatic rings. The Kier molecular flexibility index (Phi) is 3.65. The van der Waals surface area contributed by atoms with Gasteiger partial charge in [0, 0.05) is 0 Å². The zero-order valence-corrected chi connectivity index (χ0v) is 8.61. The van der Waals surface area contributed by atoms with Gasteiger partial charge in [-0.25, -0.2) is 8.78 Å². The maximum absolute atomic E-state index is 12.5. The number of alkyl halides is 2. The number of rotatable bonds is 3. The summed E-state index contributed by atoms with van der Waals surface area (Å²) in [6.45, 7) is 0. The van der Waals surface area contributed by atoms with Crippen molar-refractivity contribution in [2.24, 2.45) is 0 Å². The number of pyridine rings is 1. The number of nitriles is 1. The van der Waals surface area contributed by atoms with Crippen LogP contribution in [0, 0.1) is 21.4 Å². The van der Waals surface area contributed by atoms with E-state index in [1.807, 2.05) is 0 Å². The molecule has 0 aromatic carbocycles. The molecule has 0 radical (unpaired) electrons. The van der Waals surface area contributed by atoms with Crippen molar-refractivity contribution < 1.29 is 18.5 Å². The van der Waals surface area contributed by atoms with Gasteiger partial charge in [0.2, 0.25) is 5.69 Å². The molecule has 6 nitrogen and oxygen atoms in total. The molecule has 0 aliphatic heterocycles. The van der Waals surface area contributed by atoms with Gasteiger partial charge in [-0.05, 0) is 27.6 Å². The molecule has 1 rings (SSSR count). The number of halogens is 3. The van der Waals surface area contributed by atoms with E-state index >= 15 is 0 Å². The van der Waals surface area contributed by atoms with E-state index in [1.54, 1.807) is 0 Å². The minimum absolute atomic E-state index is 0.608. The van der Waals surface area contributed by atoms with Crippen molar-refractivity contribution in [3.05, 3.63) is 33.0 Å². The van der Waals surface area contributed by atoms with Crippen LogP contribution in [0.15, 0.2) is 6.07 Å². The number of nitrogens with zero attached hydrogens (tertiary/aromatic N) is 3. The van der Waals surface area contributed by atoms with Crippen LogP contribution in [-0.2, 0) is 0 Å². The highest BCUT2D eigenvalue weighted by Crippen LogP contribution is 2.27. The first-order valence-corrected chi connectivity index (χ1v) is 4.33. The Morgan fingerprint density at radius 2 is 2.24 bits per heavy atom. The first-order valence-electron chi connectivity index (χ1n) is 3.96. The van der Waals surface area contributed by atoms with Crippen LogP contribution >= 0.6 is 11.6 Å². The van der Waals surface area contributed by atoms with Crippen molar-refractivity contribution in [3.8, 4) is 6.07 Å². The summed E-state index contributed by atoms with van der Waals surface area (Å²) in [5.41, 5.74) is -2.44. The number of hydrogen-bond donors (Lipinski definition) is 0. The molecule has 0 saturated carbocycles. The Bertz CT molecular complexity index is 542. The fraction of sp³-hybridized carbons (Fsp3) is 0.125. The molecule has 0 unspecified atom stereocenters. The molecule has 9 heteroatoms. The Morgan fingerprint density at radius 3 is 2.59 bits per heavy atom. The molecule has 0 atom stereocenters. The van der Waals surface area contributed by atoms with E-state index in [0.717, 1.165) is 0 Å². The third kappa shape index (κ3) is 2.51. The predicted molar refractivity (Wildman–Crippen MR) is 50.7 cm³/mol. The van der Waals surface area contributed by atoms with E-state index < -0.39 is 39.2 Å². The fourth-order valence-corrected chi connectivity index (χ4v) is 1.21. The Hall–Kier alpha value is -2.14. The second-order valence-electron chi connectivity index (χ2n) is 2.74. The Morgan fingerprint density at radius 1 is 1.65 bits per heavy atom. The fourth-order valence-electron chi connectivity index (χ4n) is 1.06. The van der Waals surface area contributed by atoms with Gasteiger partial charge in [0.1, 0.15) is 6.07 Å².